The molecule has 1 saturated heterocycles. The Balaban J connectivity index is 1.39. The molecule has 0 atom stereocenters. The molecule has 37 heavy (non-hydrogen) atoms. The summed E-state index contributed by atoms with van der Waals surface area (Å²) >= 11 is 0. The smallest absolute Gasteiger partial charge is 0.255 e. The van der Waals surface area contributed by atoms with Gasteiger partial charge < -0.3 is 20.7 Å². The Morgan fingerprint density at radius 1 is 1.05 bits per heavy atom. The maximum absolute atomic E-state index is 13.4. The number of ether oxygens (including phenoxy) is 1. The number of carbonyl (C=O) groups is 2. The predicted octanol–water partition coefficient (Wildman–Crippen LogP) is 2.92. The highest BCUT2D eigenvalue weighted by Gasteiger charge is 2.28. The van der Waals surface area contributed by atoms with Gasteiger partial charge in [0.15, 0.2) is 0 Å². The zero-order chi connectivity index (χ0) is 25.8. The first-order valence-electron chi connectivity index (χ1n) is 12.8. The van der Waals surface area contributed by atoms with E-state index in [4.69, 9.17) is 4.74 Å². The highest BCUT2D eigenvalue weighted by Crippen LogP contribution is 2.27. The van der Waals surface area contributed by atoms with Crippen LogP contribution in [0.4, 0.5) is 5.69 Å². The van der Waals surface area contributed by atoms with Gasteiger partial charge in [0.05, 0.1) is 16.8 Å². The van der Waals surface area contributed by atoms with Crippen molar-refractivity contribution in [2.75, 3.05) is 25.6 Å². The van der Waals surface area contributed by atoms with Gasteiger partial charge in [-0.25, -0.2) is 9.97 Å². The maximum Gasteiger partial charge on any atom is 0.255 e. The molecular weight excluding hydrogens is 470 g/mol. The number of anilines is 1. The molecule has 3 aromatic heterocycles. The molecule has 5 rings (SSSR count). The Hall–Kier alpha value is -3.97. The van der Waals surface area contributed by atoms with E-state index in [2.05, 4.69) is 32.0 Å². The second kappa shape index (κ2) is 11.0. The third-order valence-electron chi connectivity index (χ3n) is 7.30. The van der Waals surface area contributed by atoms with E-state index < -0.39 is 0 Å². The van der Waals surface area contributed by atoms with Gasteiger partial charge in [0.1, 0.15) is 17.5 Å². The average Bonchev–Trinajstić information content (AvgIpc) is 3.36. The third-order valence-corrected chi connectivity index (χ3v) is 7.30. The lowest BCUT2D eigenvalue weighted by atomic mass is 9.85. The second-order valence-electron chi connectivity index (χ2n) is 9.69. The highest BCUT2D eigenvalue weighted by molar-refractivity contribution is 6.00. The summed E-state index contributed by atoms with van der Waals surface area (Å²) in [5.41, 5.74) is 2.38. The van der Waals surface area contributed by atoms with E-state index in [-0.39, 0.29) is 29.8 Å². The summed E-state index contributed by atoms with van der Waals surface area (Å²) in [7, 11) is 1.66. The number of nitrogens with zero attached hydrogens (tertiary/aromatic N) is 4. The molecule has 3 N–H and O–H groups in total. The maximum atomic E-state index is 13.4. The molecule has 1 aliphatic carbocycles. The molecule has 10 heteroatoms. The minimum Gasteiger partial charge on any atom is -0.381 e. The van der Waals surface area contributed by atoms with Crippen molar-refractivity contribution in [2.45, 2.75) is 50.6 Å². The first-order chi connectivity index (χ1) is 18.1. The van der Waals surface area contributed by atoms with E-state index in [1.165, 1.54) is 0 Å². The van der Waals surface area contributed by atoms with Crippen LogP contribution >= 0.6 is 0 Å². The molecule has 4 heterocycles. The highest BCUT2D eigenvalue weighted by atomic mass is 16.5. The van der Waals surface area contributed by atoms with E-state index >= 15 is 0 Å². The summed E-state index contributed by atoms with van der Waals surface area (Å²) in [5, 5.41) is 19.5. The summed E-state index contributed by atoms with van der Waals surface area (Å²) in [4.78, 5) is 34.4. The van der Waals surface area contributed by atoms with E-state index in [0.29, 0.717) is 41.5 Å². The molecule has 2 aliphatic rings. The van der Waals surface area contributed by atoms with Crippen LogP contribution in [-0.2, 0) is 9.53 Å². The summed E-state index contributed by atoms with van der Waals surface area (Å²) in [5.74, 6) is 0.540. The van der Waals surface area contributed by atoms with Gasteiger partial charge in [0.25, 0.3) is 5.91 Å². The average molecular weight is 502 g/mol. The Morgan fingerprint density at radius 2 is 1.84 bits per heavy atom. The summed E-state index contributed by atoms with van der Waals surface area (Å²) < 4.78 is 7.36. The van der Waals surface area contributed by atoms with Gasteiger partial charge in [-0.2, -0.15) is 5.26 Å². The lowest BCUT2D eigenvalue weighted by molar-refractivity contribution is -0.125. The number of fused-ring (bicyclic) bond motifs is 1. The molecule has 0 spiro atoms. The van der Waals surface area contributed by atoms with Crippen molar-refractivity contribution in [3.05, 3.63) is 47.9 Å². The third kappa shape index (κ3) is 5.42. The molecule has 1 saturated carbocycles. The van der Waals surface area contributed by atoms with Gasteiger partial charge in [-0.05, 0) is 50.7 Å². The normalized spacial score (nSPS) is 20.2. The molecule has 3 aromatic rings. The second-order valence-corrected chi connectivity index (χ2v) is 9.69. The molecule has 2 amide bonds. The minimum absolute atomic E-state index is 0.0130. The number of pyridine rings is 2. The van der Waals surface area contributed by atoms with Crippen LogP contribution in [0, 0.1) is 17.2 Å². The van der Waals surface area contributed by atoms with Gasteiger partial charge in [-0.3, -0.25) is 14.2 Å². The van der Waals surface area contributed by atoms with Crippen LogP contribution in [0.2, 0.25) is 0 Å². The molecule has 0 unspecified atom stereocenters. The number of nitrogens with one attached hydrogen (secondary N) is 3. The van der Waals surface area contributed by atoms with Crippen LogP contribution in [0.25, 0.3) is 16.9 Å². The minimum atomic E-state index is -0.175. The number of hydrogen-bond acceptors (Lipinski definition) is 7. The Kier molecular flexibility index (Phi) is 7.32. The molecule has 192 valence electrons. The molecular formula is C27H31N7O3. The van der Waals surface area contributed by atoms with Crippen LogP contribution in [0.15, 0.2) is 36.8 Å². The summed E-state index contributed by atoms with van der Waals surface area (Å²) in [6.07, 6.45) is 9.78. The van der Waals surface area contributed by atoms with Crippen LogP contribution in [0.3, 0.4) is 0 Å². The largest absolute Gasteiger partial charge is 0.381 e. The van der Waals surface area contributed by atoms with E-state index in [0.717, 1.165) is 43.9 Å². The van der Waals surface area contributed by atoms with Crippen LogP contribution in [0.5, 0.6) is 0 Å². The van der Waals surface area contributed by atoms with Gasteiger partial charge >= 0.3 is 0 Å². The van der Waals surface area contributed by atoms with E-state index in [1.807, 2.05) is 22.9 Å². The molecule has 1 aliphatic heterocycles. The van der Waals surface area contributed by atoms with Crippen molar-refractivity contribution < 1.29 is 14.3 Å². The fourth-order valence-corrected chi connectivity index (χ4v) is 5.18. The Bertz CT molecular complexity index is 1330. The Labute approximate surface area is 215 Å². The fourth-order valence-electron chi connectivity index (χ4n) is 5.18. The van der Waals surface area contributed by atoms with Crippen molar-refractivity contribution in [1.29, 1.82) is 5.26 Å². The molecule has 0 aromatic carbocycles. The lowest BCUT2D eigenvalue weighted by Crippen LogP contribution is -2.40. The van der Waals surface area contributed by atoms with Crippen LogP contribution in [-0.4, -0.2) is 58.7 Å². The van der Waals surface area contributed by atoms with Crippen LogP contribution < -0.4 is 16.0 Å². The van der Waals surface area contributed by atoms with Crippen LogP contribution in [0.1, 0.15) is 54.4 Å². The molecule has 0 bridgehead atoms. The SMILES string of the molecule is CNC(=O)C1CCC(NC(=O)c2cnc(-n3ccc4cc(C#N)cnc43)cc2NC2CCOCC2)CC1. The standard InChI is InChI=1S/C27H31N7O3/c1-29-26(35)18-2-4-20(5-3-18)33-27(36)22-16-30-24(13-23(22)32-21-7-10-37-11-8-21)34-9-6-19-12-17(14-28)15-31-25(19)34/h6,9,12-13,15-16,18,20-21H,2-5,7-8,10-11H2,1H3,(H,29,35)(H,30,32)(H,33,36). The summed E-state index contributed by atoms with van der Waals surface area (Å²) in [6.45, 7) is 1.36. The first kappa shape index (κ1) is 24.7. The van der Waals surface area contributed by atoms with Crippen molar-refractivity contribution in [2.24, 2.45) is 5.92 Å². The number of amides is 2. The number of nitriles is 1. The molecule has 0 radical (unpaired) electrons. The van der Waals surface area contributed by atoms with Crippen molar-refractivity contribution >= 4 is 28.5 Å². The first-order valence-corrected chi connectivity index (χ1v) is 12.8. The monoisotopic (exact) mass is 501 g/mol. The quantitative estimate of drug-likeness (QED) is 0.473. The summed E-state index contributed by atoms with van der Waals surface area (Å²) in [6, 6.07) is 7.90. The topological polar surface area (TPSA) is 134 Å². The Morgan fingerprint density at radius 3 is 2.57 bits per heavy atom. The predicted molar refractivity (Wildman–Crippen MR) is 138 cm³/mol. The zero-order valence-electron chi connectivity index (χ0n) is 20.9. The molecule has 2 fully saturated rings. The van der Waals surface area contributed by atoms with Crippen molar-refractivity contribution in [1.82, 2.24) is 25.2 Å². The number of carbonyl (C=O) groups excluding carboxylic acids is 2. The van der Waals surface area contributed by atoms with E-state index in [9.17, 15) is 14.9 Å². The fraction of sp³-hybridized carbons (Fsp3) is 0.444. The lowest BCUT2D eigenvalue weighted by Gasteiger charge is -2.29. The van der Waals surface area contributed by atoms with Gasteiger partial charge in [-0.1, -0.05) is 0 Å². The molecule has 10 nitrogen and oxygen atoms in total. The zero-order valence-corrected chi connectivity index (χ0v) is 20.9. The number of hydrogen-bond donors (Lipinski definition) is 3. The number of aromatic nitrogens is 3. The van der Waals surface area contributed by atoms with Crippen molar-refractivity contribution in [3.63, 3.8) is 0 Å². The van der Waals surface area contributed by atoms with Gasteiger partial charge in [0, 0.05) is 68.3 Å². The van der Waals surface area contributed by atoms with Gasteiger partial charge in [0.2, 0.25) is 5.91 Å². The van der Waals surface area contributed by atoms with Crippen molar-refractivity contribution in [3.8, 4) is 11.9 Å². The number of rotatable bonds is 6. The van der Waals surface area contributed by atoms with Gasteiger partial charge in [-0.15, -0.1) is 0 Å². The van der Waals surface area contributed by atoms with E-state index in [1.54, 1.807) is 25.5 Å².